The van der Waals surface area contributed by atoms with Gasteiger partial charge in [-0.05, 0) is 35.4 Å². The largest absolute Gasteiger partial charge is 0.433 e. The van der Waals surface area contributed by atoms with E-state index in [-0.39, 0.29) is 29.2 Å². The predicted octanol–water partition coefficient (Wildman–Crippen LogP) is 5.16. The molecule has 1 aromatic carbocycles. The Balaban J connectivity index is 0.00000512. The number of nitrogens with zero attached hydrogens (tertiary/aromatic N) is 2. The van der Waals surface area contributed by atoms with Crippen LogP contribution in [0.5, 0.6) is 0 Å². The molecule has 0 radical (unpaired) electrons. The monoisotopic (exact) mass is 514 g/mol. The number of hydrogen-bond donors (Lipinski definition) is 2. The van der Waals surface area contributed by atoms with Crippen LogP contribution in [0.4, 0.5) is 39.5 Å². The number of alkyl halides is 9. The number of nitriles is 1. The second kappa shape index (κ2) is 9.66. The van der Waals surface area contributed by atoms with Crippen LogP contribution in [0.3, 0.4) is 0 Å². The Morgan fingerprint density at radius 3 is 1.69 bits per heavy atom. The van der Waals surface area contributed by atoms with Gasteiger partial charge >= 0.3 is 18.5 Å². The Kier molecular flexibility index (Phi) is 8.36. The van der Waals surface area contributed by atoms with Gasteiger partial charge in [0, 0.05) is 29.7 Å². The summed E-state index contributed by atoms with van der Waals surface area (Å²) in [6.07, 6.45) is -19.9. The van der Waals surface area contributed by atoms with Gasteiger partial charge in [-0.2, -0.15) is 44.8 Å². The molecule has 2 rings (SSSR count). The normalized spacial score (nSPS) is 14.3. The van der Waals surface area contributed by atoms with Gasteiger partial charge in [-0.15, -0.1) is 0 Å². The maximum absolute atomic E-state index is 13.2. The average Bonchev–Trinajstić information content (AvgIpc) is 2.64. The Labute approximate surface area is 184 Å². The fraction of sp³-hybridized carbons (Fsp3) is 0.333. The first kappa shape index (κ1) is 27.7. The summed E-state index contributed by atoms with van der Waals surface area (Å²) in [6, 6.07) is 2.46. The molecule has 0 spiro atoms. The molecule has 1 heterocycles. The minimum absolute atomic E-state index is 0. The molecular weight excluding hydrogens is 503 g/mol. The first-order chi connectivity index (χ1) is 14.1. The zero-order valence-corrected chi connectivity index (χ0v) is 16.4. The summed E-state index contributed by atoms with van der Waals surface area (Å²) >= 11 is 0. The first-order valence-electron chi connectivity index (χ1n) is 8.17. The van der Waals surface area contributed by atoms with E-state index < -0.39 is 70.7 Å². The summed E-state index contributed by atoms with van der Waals surface area (Å²) in [4.78, 5) is 3.05. The number of hydrogen-bond acceptors (Lipinski definition) is 4. The third-order valence-corrected chi connectivity index (χ3v) is 4.17. The Hall–Kier alpha value is -2.33. The van der Waals surface area contributed by atoms with Crippen molar-refractivity contribution in [3.05, 3.63) is 64.0 Å². The molecule has 0 saturated heterocycles. The fourth-order valence-electron chi connectivity index (χ4n) is 2.72. The average molecular weight is 514 g/mol. The van der Waals surface area contributed by atoms with Crippen molar-refractivity contribution < 1.29 is 66.8 Å². The van der Waals surface area contributed by atoms with Crippen LogP contribution in [-0.2, 0) is 35.6 Å². The summed E-state index contributed by atoms with van der Waals surface area (Å²) in [6.45, 7) is 0. The van der Waals surface area contributed by atoms with Crippen LogP contribution in [0, 0.1) is 11.3 Å². The molecule has 1 aromatic heterocycles. The van der Waals surface area contributed by atoms with Crippen LogP contribution < -0.4 is 0 Å². The zero-order chi connectivity index (χ0) is 23.8. The van der Waals surface area contributed by atoms with Crippen LogP contribution in [0.15, 0.2) is 30.5 Å². The van der Waals surface area contributed by atoms with Crippen molar-refractivity contribution in [1.82, 2.24) is 4.98 Å². The number of pyridine rings is 1. The smallest absolute Gasteiger partial charge is 0.388 e. The van der Waals surface area contributed by atoms with E-state index in [1.165, 1.54) is 0 Å². The molecule has 0 aliphatic rings. The van der Waals surface area contributed by atoms with E-state index in [1.807, 2.05) is 0 Å². The maximum atomic E-state index is 13.2. The van der Waals surface area contributed by atoms with Gasteiger partial charge in [0.05, 0.1) is 28.9 Å². The predicted molar refractivity (Wildman–Crippen MR) is 84.9 cm³/mol. The van der Waals surface area contributed by atoms with E-state index >= 15 is 0 Å². The van der Waals surface area contributed by atoms with Crippen molar-refractivity contribution in [2.24, 2.45) is 0 Å². The topological polar surface area (TPSA) is 77.1 Å². The van der Waals surface area contributed by atoms with Crippen molar-refractivity contribution in [1.29, 1.82) is 5.26 Å². The summed E-state index contributed by atoms with van der Waals surface area (Å²) < 4.78 is 117. The molecule has 2 N–H and O–H groups in total. The second-order valence-electron chi connectivity index (χ2n) is 6.34. The Morgan fingerprint density at radius 1 is 0.812 bits per heavy atom. The third-order valence-electron chi connectivity index (χ3n) is 4.17. The fourth-order valence-corrected chi connectivity index (χ4v) is 2.72. The molecule has 0 fully saturated rings. The molecule has 0 aliphatic carbocycles. The van der Waals surface area contributed by atoms with Gasteiger partial charge in [-0.25, -0.2) is 0 Å². The van der Waals surface area contributed by atoms with Crippen LogP contribution in [0.1, 0.15) is 52.1 Å². The minimum Gasteiger partial charge on any atom is -0.388 e. The van der Waals surface area contributed by atoms with Crippen LogP contribution in [0.2, 0.25) is 0 Å². The number of benzene rings is 1. The van der Waals surface area contributed by atoms with Crippen LogP contribution in [0.25, 0.3) is 0 Å². The van der Waals surface area contributed by atoms with Crippen LogP contribution >= 0.6 is 0 Å². The molecule has 176 valence electrons. The standard InChI is InChI=1S/C18H11F9N2O2.Fe/c19-16(20,21)11-3-9(4-12(10(11)7-28)17(22,23)24)14(31)6-13(30)8-1-2-29-15(5-8)18(25,26)27;/h1-5,13-14,30-31H,6H2;. The van der Waals surface area contributed by atoms with E-state index in [0.29, 0.717) is 12.3 Å². The van der Waals surface area contributed by atoms with Gasteiger partial charge in [0.2, 0.25) is 0 Å². The van der Waals surface area contributed by atoms with Gasteiger partial charge < -0.3 is 10.2 Å². The summed E-state index contributed by atoms with van der Waals surface area (Å²) in [7, 11) is 0. The van der Waals surface area contributed by atoms with Crippen molar-refractivity contribution in [3.8, 4) is 6.07 Å². The SMILES string of the molecule is N#Cc1c(C(F)(F)F)cc(C(O)CC(O)c2ccnc(C(F)(F)F)c2)cc1C(F)(F)F.[Fe]. The van der Waals surface area contributed by atoms with Gasteiger partial charge in [0.15, 0.2) is 0 Å². The number of aliphatic hydroxyl groups excluding tert-OH is 2. The summed E-state index contributed by atoms with van der Waals surface area (Å²) in [5, 5.41) is 29.0. The molecule has 0 amide bonds. The molecule has 0 bridgehead atoms. The Morgan fingerprint density at radius 2 is 1.28 bits per heavy atom. The second-order valence-corrected chi connectivity index (χ2v) is 6.34. The number of rotatable bonds is 4. The summed E-state index contributed by atoms with van der Waals surface area (Å²) in [5.41, 5.74) is -8.32. The quantitative estimate of drug-likeness (QED) is 0.437. The van der Waals surface area contributed by atoms with Crippen molar-refractivity contribution >= 4 is 0 Å². The van der Waals surface area contributed by atoms with Gasteiger partial charge in [-0.1, -0.05) is 0 Å². The van der Waals surface area contributed by atoms with E-state index in [2.05, 4.69) is 4.98 Å². The third kappa shape index (κ3) is 6.35. The van der Waals surface area contributed by atoms with E-state index in [1.54, 1.807) is 0 Å². The van der Waals surface area contributed by atoms with E-state index in [9.17, 15) is 49.7 Å². The molecule has 2 atom stereocenters. The van der Waals surface area contributed by atoms with Gasteiger partial charge in [-0.3, -0.25) is 4.98 Å². The molecular formula is C18H11F9FeN2O2. The molecule has 2 unspecified atom stereocenters. The van der Waals surface area contributed by atoms with E-state index in [0.717, 1.165) is 12.1 Å². The number of aromatic nitrogens is 1. The Bertz CT molecular complexity index is 963. The van der Waals surface area contributed by atoms with Crippen molar-refractivity contribution in [3.63, 3.8) is 0 Å². The maximum Gasteiger partial charge on any atom is 0.433 e. The zero-order valence-electron chi connectivity index (χ0n) is 15.3. The number of aliphatic hydroxyl groups is 2. The van der Waals surface area contributed by atoms with Crippen molar-refractivity contribution in [2.45, 2.75) is 37.2 Å². The van der Waals surface area contributed by atoms with Crippen LogP contribution in [-0.4, -0.2) is 15.2 Å². The summed E-state index contributed by atoms with van der Waals surface area (Å²) in [5.74, 6) is 0. The molecule has 14 heteroatoms. The van der Waals surface area contributed by atoms with Gasteiger partial charge in [0.25, 0.3) is 0 Å². The first-order valence-corrected chi connectivity index (χ1v) is 8.17. The van der Waals surface area contributed by atoms with E-state index in [4.69, 9.17) is 5.26 Å². The molecule has 2 aromatic rings. The molecule has 4 nitrogen and oxygen atoms in total. The van der Waals surface area contributed by atoms with Gasteiger partial charge in [0.1, 0.15) is 11.8 Å². The van der Waals surface area contributed by atoms with Crippen molar-refractivity contribution in [2.75, 3.05) is 0 Å². The molecule has 0 saturated carbocycles. The number of halogens is 9. The molecule has 0 aliphatic heterocycles. The minimum atomic E-state index is -5.37. The molecule has 32 heavy (non-hydrogen) atoms.